The summed E-state index contributed by atoms with van der Waals surface area (Å²) in [4.78, 5) is 19.8. The number of aromatic nitrogens is 2. The van der Waals surface area contributed by atoms with Crippen molar-refractivity contribution in [2.45, 2.75) is 25.8 Å². The van der Waals surface area contributed by atoms with Crippen molar-refractivity contribution >= 4 is 34.2 Å². The molecule has 1 aliphatic heterocycles. The molecular weight excluding hydrogens is 450 g/mol. The Morgan fingerprint density at radius 3 is 2.68 bits per heavy atom. The Hall–Kier alpha value is -3.51. The standard InChI is InChI=1S/C27H26ClN3O3/c1-18-7-3-6-10-24(18)34-14-13-30-22-9-5-4-8-21(22)29-27(30)19-15-26(32)31(17-19)23-16-20(28)11-12-25(23)33-2/h3-12,16,19H,13-15,17H2,1-2H3/t19-/m1/s1. The van der Waals surface area contributed by atoms with Crippen LogP contribution in [0.2, 0.25) is 5.02 Å². The molecule has 1 amide bonds. The third-order valence-electron chi connectivity index (χ3n) is 6.27. The number of aryl methyl sites for hydroxylation is 1. The van der Waals surface area contributed by atoms with Crippen molar-refractivity contribution in [3.05, 3.63) is 83.1 Å². The zero-order valence-electron chi connectivity index (χ0n) is 19.2. The second-order valence-electron chi connectivity index (χ2n) is 8.45. The lowest BCUT2D eigenvalue weighted by Crippen LogP contribution is -2.25. The molecule has 34 heavy (non-hydrogen) atoms. The van der Waals surface area contributed by atoms with Gasteiger partial charge < -0.3 is 18.9 Å². The maximum atomic E-state index is 13.1. The van der Waals surface area contributed by atoms with Gasteiger partial charge in [0.15, 0.2) is 0 Å². The first-order valence-corrected chi connectivity index (χ1v) is 11.7. The van der Waals surface area contributed by atoms with Crippen molar-refractivity contribution in [1.82, 2.24) is 9.55 Å². The molecule has 7 heteroatoms. The summed E-state index contributed by atoms with van der Waals surface area (Å²) in [5, 5.41) is 0.563. The lowest BCUT2D eigenvalue weighted by molar-refractivity contribution is -0.117. The molecule has 174 valence electrons. The molecule has 0 bridgehead atoms. The minimum Gasteiger partial charge on any atom is -0.495 e. The number of nitrogens with zero attached hydrogens (tertiary/aromatic N) is 3. The molecule has 0 unspecified atom stereocenters. The van der Waals surface area contributed by atoms with Gasteiger partial charge in [0, 0.05) is 23.9 Å². The van der Waals surface area contributed by atoms with E-state index in [0.717, 1.165) is 28.2 Å². The number of imidazole rings is 1. The molecule has 0 aliphatic carbocycles. The predicted octanol–water partition coefficient (Wildman–Crippen LogP) is 5.61. The molecule has 1 saturated heterocycles. The number of amides is 1. The molecule has 1 aliphatic rings. The van der Waals surface area contributed by atoms with Crippen LogP contribution in [0.15, 0.2) is 66.7 Å². The van der Waals surface area contributed by atoms with Gasteiger partial charge in [0.1, 0.15) is 23.9 Å². The Bertz CT molecular complexity index is 1350. The number of ether oxygens (including phenoxy) is 2. The summed E-state index contributed by atoms with van der Waals surface area (Å²) >= 11 is 6.23. The van der Waals surface area contributed by atoms with Crippen LogP contribution in [0.3, 0.4) is 0 Å². The SMILES string of the molecule is COc1ccc(Cl)cc1N1C[C@H](c2nc3ccccc3n2CCOc2ccccc2C)CC1=O. The Morgan fingerprint density at radius 1 is 1.06 bits per heavy atom. The molecule has 0 N–H and O–H groups in total. The number of fused-ring (bicyclic) bond motifs is 1. The van der Waals surface area contributed by atoms with E-state index in [1.165, 1.54) is 0 Å². The molecule has 4 aromatic rings. The highest BCUT2D eigenvalue weighted by Crippen LogP contribution is 2.38. The number of benzene rings is 3. The van der Waals surface area contributed by atoms with Gasteiger partial charge in [-0.2, -0.15) is 0 Å². The van der Waals surface area contributed by atoms with Gasteiger partial charge in [0.25, 0.3) is 0 Å². The minimum absolute atomic E-state index is 0.0281. The molecule has 0 radical (unpaired) electrons. The lowest BCUT2D eigenvalue weighted by Gasteiger charge is -2.20. The normalized spacial score (nSPS) is 15.8. The van der Waals surface area contributed by atoms with E-state index < -0.39 is 0 Å². The second kappa shape index (κ2) is 9.39. The third kappa shape index (κ3) is 4.21. The summed E-state index contributed by atoms with van der Waals surface area (Å²) in [5.41, 5.74) is 3.75. The maximum Gasteiger partial charge on any atom is 0.227 e. The smallest absolute Gasteiger partial charge is 0.227 e. The van der Waals surface area contributed by atoms with Gasteiger partial charge >= 0.3 is 0 Å². The van der Waals surface area contributed by atoms with Crippen LogP contribution in [-0.2, 0) is 11.3 Å². The summed E-state index contributed by atoms with van der Waals surface area (Å²) in [7, 11) is 1.60. The van der Waals surface area contributed by atoms with Gasteiger partial charge in [-0.3, -0.25) is 4.79 Å². The highest BCUT2D eigenvalue weighted by molar-refractivity contribution is 6.31. The fourth-order valence-electron chi connectivity index (χ4n) is 4.59. The number of methoxy groups -OCH3 is 1. The van der Waals surface area contributed by atoms with Crippen LogP contribution >= 0.6 is 11.6 Å². The topological polar surface area (TPSA) is 56.6 Å². The number of carbonyl (C=O) groups excluding carboxylic acids is 1. The lowest BCUT2D eigenvalue weighted by atomic mass is 10.1. The molecular formula is C27H26ClN3O3. The molecule has 2 heterocycles. The number of anilines is 1. The van der Waals surface area contributed by atoms with E-state index in [1.807, 2.05) is 49.4 Å². The van der Waals surface area contributed by atoms with Crippen LogP contribution in [0.1, 0.15) is 23.7 Å². The quantitative estimate of drug-likeness (QED) is 0.349. The van der Waals surface area contributed by atoms with Crippen molar-refractivity contribution < 1.29 is 14.3 Å². The molecule has 0 saturated carbocycles. The van der Waals surface area contributed by atoms with Gasteiger partial charge in [-0.05, 0) is 48.9 Å². The van der Waals surface area contributed by atoms with Crippen LogP contribution in [-0.4, -0.2) is 35.7 Å². The van der Waals surface area contributed by atoms with Gasteiger partial charge in [0.2, 0.25) is 5.91 Å². The molecule has 1 aromatic heterocycles. The number of hydrogen-bond donors (Lipinski definition) is 0. The maximum absolute atomic E-state index is 13.1. The van der Waals surface area contributed by atoms with Crippen LogP contribution < -0.4 is 14.4 Å². The second-order valence-corrected chi connectivity index (χ2v) is 8.88. The van der Waals surface area contributed by atoms with E-state index in [4.69, 9.17) is 26.1 Å². The molecule has 0 spiro atoms. The van der Waals surface area contributed by atoms with Crippen LogP contribution in [0.5, 0.6) is 11.5 Å². The number of hydrogen-bond acceptors (Lipinski definition) is 4. The Kier molecular flexibility index (Phi) is 6.16. The number of rotatable bonds is 7. The molecule has 1 atom stereocenters. The van der Waals surface area contributed by atoms with Crippen molar-refractivity contribution in [2.75, 3.05) is 25.2 Å². The molecule has 3 aromatic carbocycles. The van der Waals surface area contributed by atoms with E-state index in [9.17, 15) is 4.79 Å². The average Bonchev–Trinajstić information content (AvgIpc) is 3.41. The summed E-state index contributed by atoms with van der Waals surface area (Å²) in [6.07, 6.45) is 0.373. The third-order valence-corrected chi connectivity index (χ3v) is 6.51. The van der Waals surface area contributed by atoms with E-state index in [2.05, 4.69) is 10.6 Å². The van der Waals surface area contributed by atoms with E-state index >= 15 is 0 Å². The van der Waals surface area contributed by atoms with Crippen molar-refractivity contribution in [2.24, 2.45) is 0 Å². The van der Waals surface area contributed by atoms with Crippen molar-refractivity contribution in [3.8, 4) is 11.5 Å². The largest absolute Gasteiger partial charge is 0.495 e. The highest BCUT2D eigenvalue weighted by atomic mass is 35.5. The fourth-order valence-corrected chi connectivity index (χ4v) is 4.76. The van der Waals surface area contributed by atoms with Crippen molar-refractivity contribution in [3.63, 3.8) is 0 Å². The molecule has 1 fully saturated rings. The number of carbonyl (C=O) groups is 1. The van der Waals surface area contributed by atoms with Crippen LogP contribution in [0.25, 0.3) is 11.0 Å². The number of para-hydroxylation sites is 3. The summed E-state index contributed by atoms with van der Waals surface area (Å²) in [5.74, 6) is 2.37. The first-order valence-electron chi connectivity index (χ1n) is 11.3. The zero-order valence-corrected chi connectivity index (χ0v) is 20.0. The predicted molar refractivity (Wildman–Crippen MR) is 134 cm³/mol. The molecule has 5 rings (SSSR count). The van der Waals surface area contributed by atoms with Crippen LogP contribution in [0, 0.1) is 6.92 Å². The minimum atomic E-state index is -0.0537. The van der Waals surface area contributed by atoms with E-state index in [1.54, 1.807) is 30.2 Å². The Balaban J connectivity index is 1.43. The summed E-state index contributed by atoms with van der Waals surface area (Å²) < 4.78 is 13.7. The monoisotopic (exact) mass is 475 g/mol. The first kappa shape index (κ1) is 22.3. The number of halogens is 1. The van der Waals surface area contributed by atoms with Crippen molar-refractivity contribution in [1.29, 1.82) is 0 Å². The average molecular weight is 476 g/mol. The first-order chi connectivity index (χ1) is 16.5. The zero-order chi connectivity index (χ0) is 23.7. The van der Waals surface area contributed by atoms with Gasteiger partial charge in [-0.1, -0.05) is 41.9 Å². The fraction of sp³-hybridized carbons (Fsp3) is 0.259. The molecule has 6 nitrogen and oxygen atoms in total. The van der Waals surface area contributed by atoms with E-state index in [-0.39, 0.29) is 11.8 Å². The highest BCUT2D eigenvalue weighted by Gasteiger charge is 2.36. The van der Waals surface area contributed by atoms with Gasteiger partial charge in [-0.15, -0.1) is 0 Å². The summed E-state index contributed by atoms with van der Waals surface area (Å²) in [6.45, 7) is 3.69. The van der Waals surface area contributed by atoms with Crippen LogP contribution in [0.4, 0.5) is 5.69 Å². The summed E-state index contributed by atoms with van der Waals surface area (Å²) in [6, 6.07) is 21.4. The Labute approximate surface area is 203 Å². The van der Waals surface area contributed by atoms with Gasteiger partial charge in [0.05, 0.1) is 30.4 Å². The van der Waals surface area contributed by atoms with E-state index in [0.29, 0.717) is 42.6 Å². The Morgan fingerprint density at radius 2 is 1.85 bits per heavy atom. The van der Waals surface area contributed by atoms with Gasteiger partial charge in [-0.25, -0.2) is 4.98 Å².